The van der Waals surface area contributed by atoms with Gasteiger partial charge in [-0.25, -0.2) is 0 Å². The summed E-state index contributed by atoms with van der Waals surface area (Å²) in [5.74, 6) is -0.150. The van der Waals surface area contributed by atoms with Crippen LogP contribution < -0.4 is 11.1 Å². The number of carbonyl (C=O) groups excluding carboxylic acids is 1. The molecule has 0 spiro atoms. The van der Waals surface area contributed by atoms with Gasteiger partial charge in [-0.05, 0) is 34.0 Å². The van der Waals surface area contributed by atoms with Crippen LogP contribution in [0.2, 0.25) is 0 Å². The van der Waals surface area contributed by atoms with Crippen LogP contribution in [0.4, 0.5) is 5.69 Å². The second-order valence-corrected chi connectivity index (χ2v) is 4.50. The number of aliphatic hydroxyl groups is 1. The van der Waals surface area contributed by atoms with Gasteiger partial charge in [0, 0.05) is 18.8 Å². The van der Waals surface area contributed by atoms with Crippen LogP contribution >= 0.6 is 15.9 Å². The van der Waals surface area contributed by atoms with E-state index in [9.17, 15) is 4.79 Å². The molecule has 4 nitrogen and oxygen atoms in total. The minimum Gasteiger partial charge on any atom is -0.398 e. The molecule has 0 radical (unpaired) electrons. The number of amides is 1. The van der Waals surface area contributed by atoms with Gasteiger partial charge in [-0.2, -0.15) is 0 Å². The van der Waals surface area contributed by atoms with E-state index in [1.165, 1.54) is 0 Å². The van der Waals surface area contributed by atoms with E-state index < -0.39 is 0 Å². The standard InChI is InChI=1S/C11H15BrN2O2/c1-7(6-15)5-14-11(16)8-3-2-4-9(13)10(8)12/h2-4,7,15H,5-6,13H2,1H3,(H,14,16). The Balaban J connectivity index is 2.70. The van der Waals surface area contributed by atoms with E-state index in [0.717, 1.165) is 0 Å². The number of nitrogens with two attached hydrogens (primary N) is 1. The molecule has 1 unspecified atom stereocenters. The third-order valence-corrected chi connectivity index (χ3v) is 3.08. The average molecular weight is 287 g/mol. The number of hydrogen-bond donors (Lipinski definition) is 3. The van der Waals surface area contributed by atoms with E-state index in [4.69, 9.17) is 10.8 Å². The summed E-state index contributed by atoms with van der Waals surface area (Å²) in [6.07, 6.45) is 0. The maximum absolute atomic E-state index is 11.8. The van der Waals surface area contributed by atoms with E-state index in [-0.39, 0.29) is 18.4 Å². The van der Waals surface area contributed by atoms with Gasteiger partial charge in [0.15, 0.2) is 0 Å². The molecule has 0 fully saturated rings. The summed E-state index contributed by atoms with van der Waals surface area (Å²) in [6, 6.07) is 5.14. The van der Waals surface area contributed by atoms with Crippen LogP contribution in [0, 0.1) is 5.92 Å². The lowest BCUT2D eigenvalue weighted by Gasteiger charge is -2.11. The maximum atomic E-state index is 11.8. The predicted octanol–water partition coefficient (Wildman–Crippen LogP) is 1.39. The number of hydrogen-bond acceptors (Lipinski definition) is 3. The molecule has 1 aromatic rings. The van der Waals surface area contributed by atoms with Crippen molar-refractivity contribution in [3.8, 4) is 0 Å². The molecular weight excluding hydrogens is 272 g/mol. The highest BCUT2D eigenvalue weighted by molar-refractivity contribution is 9.10. The van der Waals surface area contributed by atoms with Crippen LogP contribution in [0.1, 0.15) is 17.3 Å². The van der Waals surface area contributed by atoms with Gasteiger partial charge < -0.3 is 16.2 Å². The van der Waals surface area contributed by atoms with Crippen molar-refractivity contribution in [2.24, 2.45) is 5.92 Å². The van der Waals surface area contributed by atoms with Gasteiger partial charge in [0.1, 0.15) is 0 Å². The highest BCUT2D eigenvalue weighted by Crippen LogP contribution is 2.23. The van der Waals surface area contributed by atoms with Gasteiger partial charge in [-0.1, -0.05) is 13.0 Å². The third kappa shape index (κ3) is 3.21. The summed E-state index contributed by atoms with van der Waals surface area (Å²) < 4.78 is 0.601. The lowest BCUT2D eigenvalue weighted by molar-refractivity contribution is 0.0941. The quantitative estimate of drug-likeness (QED) is 0.732. The van der Waals surface area contributed by atoms with Gasteiger partial charge in [-0.15, -0.1) is 0 Å². The molecule has 0 aromatic heterocycles. The monoisotopic (exact) mass is 286 g/mol. The molecule has 0 aliphatic heterocycles. The second-order valence-electron chi connectivity index (χ2n) is 3.71. The number of carbonyl (C=O) groups is 1. The Labute approximate surface area is 103 Å². The van der Waals surface area contributed by atoms with Crippen molar-refractivity contribution in [2.75, 3.05) is 18.9 Å². The largest absolute Gasteiger partial charge is 0.398 e. The Bertz CT molecular complexity index is 382. The number of rotatable bonds is 4. The number of nitrogen functional groups attached to an aromatic ring is 1. The fraction of sp³-hybridized carbons (Fsp3) is 0.364. The van der Waals surface area contributed by atoms with E-state index in [2.05, 4.69) is 21.2 Å². The maximum Gasteiger partial charge on any atom is 0.252 e. The molecule has 4 N–H and O–H groups in total. The Kier molecular flexibility index (Phi) is 4.76. The van der Waals surface area contributed by atoms with E-state index >= 15 is 0 Å². The van der Waals surface area contributed by atoms with Crippen molar-refractivity contribution in [1.29, 1.82) is 0 Å². The van der Waals surface area contributed by atoms with Crippen molar-refractivity contribution in [3.63, 3.8) is 0 Å². The average Bonchev–Trinajstić information content (AvgIpc) is 2.29. The molecule has 1 atom stereocenters. The van der Waals surface area contributed by atoms with Crippen LogP contribution in [0.5, 0.6) is 0 Å². The zero-order valence-corrected chi connectivity index (χ0v) is 10.6. The van der Waals surface area contributed by atoms with Crippen molar-refractivity contribution in [2.45, 2.75) is 6.92 Å². The van der Waals surface area contributed by atoms with E-state index in [1.807, 2.05) is 6.92 Å². The van der Waals surface area contributed by atoms with Gasteiger partial charge in [-0.3, -0.25) is 4.79 Å². The van der Waals surface area contributed by atoms with Crippen LogP contribution in [0.3, 0.4) is 0 Å². The molecule has 0 saturated heterocycles. The SMILES string of the molecule is CC(CO)CNC(=O)c1cccc(N)c1Br. The van der Waals surface area contributed by atoms with Gasteiger partial charge >= 0.3 is 0 Å². The molecule has 1 rings (SSSR count). The van der Waals surface area contributed by atoms with Crippen LogP contribution in [0.15, 0.2) is 22.7 Å². The van der Waals surface area contributed by atoms with Crippen molar-refractivity contribution < 1.29 is 9.90 Å². The fourth-order valence-electron chi connectivity index (χ4n) is 1.15. The summed E-state index contributed by atoms with van der Waals surface area (Å²) in [5.41, 5.74) is 6.71. The fourth-order valence-corrected chi connectivity index (χ4v) is 1.60. The Hall–Kier alpha value is -1.07. The van der Waals surface area contributed by atoms with Gasteiger partial charge in [0.05, 0.1) is 10.0 Å². The van der Waals surface area contributed by atoms with E-state index in [0.29, 0.717) is 22.3 Å². The number of benzene rings is 1. The normalized spacial score (nSPS) is 12.2. The molecule has 0 aliphatic rings. The second kappa shape index (κ2) is 5.86. The van der Waals surface area contributed by atoms with Gasteiger partial charge in [0.25, 0.3) is 5.91 Å². The molecule has 1 amide bonds. The molecule has 0 bridgehead atoms. The summed E-state index contributed by atoms with van der Waals surface area (Å²) in [4.78, 5) is 11.8. The van der Waals surface area contributed by atoms with Crippen molar-refractivity contribution >= 4 is 27.5 Å². The van der Waals surface area contributed by atoms with Crippen LogP contribution in [-0.2, 0) is 0 Å². The Morgan fingerprint density at radius 3 is 2.94 bits per heavy atom. The number of halogens is 1. The van der Waals surface area contributed by atoms with Crippen LogP contribution in [0.25, 0.3) is 0 Å². The zero-order valence-electron chi connectivity index (χ0n) is 9.03. The molecule has 5 heteroatoms. The number of aliphatic hydroxyl groups excluding tert-OH is 1. The third-order valence-electron chi connectivity index (χ3n) is 2.20. The molecule has 16 heavy (non-hydrogen) atoms. The Morgan fingerprint density at radius 2 is 2.31 bits per heavy atom. The molecular formula is C11H15BrN2O2. The molecule has 1 aromatic carbocycles. The minimum atomic E-state index is -0.195. The molecule has 0 aliphatic carbocycles. The number of nitrogens with one attached hydrogen (secondary N) is 1. The molecule has 88 valence electrons. The smallest absolute Gasteiger partial charge is 0.252 e. The van der Waals surface area contributed by atoms with Crippen molar-refractivity contribution in [1.82, 2.24) is 5.32 Å². The topological polar surface area (TPSA) is 75.3 Å². The predicted molar refractivity (Wildman–Crippen MR) is 67.1 cm³/mol. The van der Waals surface area contributed by atoms with Gasteiger partial charge in [0.2, 0.25) is 0 Å². The first-order valence-corrected chi connectivity index (χ1v) is 5.78. The van der Waals surface area contributed by atoms with E-state index in [1.54, 1.807) is 18.2 Å². The first kappa shape index (κ1) is 13.0. The zero-order chi connectivity index (χ0) is 12.1. The highest BCUT2D eigenvalue weighted by Gasteiger charge is 2.12. The summed E-state index contributed by atoms with van der Waals surface area (Å²) >= 11 is 3.27. The Morgan fingerprint density at radius 1 is 1.62 bits per heavy atom. The first-order chi connectivity index (χ1) is 7.56. The molecule has 0 heterocycles. The number of anilines is 1. The summed E-state index contributed by atoms with van der Waals surface area (Å²) in [7, 11) is 0. The first-order valence-electron chi connectivity index (χ1n) is 4.99. The summed E-state index contributed by atoms with van der Waals surface area (Å²) in [6.45, 7) is 2.35. The highest BCUT2D eigenvalue weighted by atomic mass is 79.9. The lowest BCUT2D eigenvalue weighted by atomic mass is 10.1. The van der Waals surface area contributed by atoms with Crippen molar-refractivity contribution in [3.05, 3.63) is 28.2 Å². The van der Waals surface area contributed by atoms with Crippen LogP contribution in [-0.4, -0.2) is 24.2 Å². The lowest BCUT2D eigenvalue weighted by Crippen LogP contribution is -2.29. The molecule has 0 saturated carbocycles. The summed E-state index contributed by atoms with van der Waals surface area (Å²) in [5, 5.41) is 11.6. The minimum absolute atomic E-state index is 0.0452.